The van der Waals surface area contributed by atoms with Crippen molar-refractivity contribution in [2.45, 2.75) is 19.4 Å². The van der Waals surface area contributed by atoms with Gasteiger partial charge < -0.3 is 5.11 Å². The molecule has 2 aromatic rings. The maximum absolute atomic E-state index is 13.5. The molecule has 1 atom stereocenters. The molecule has 18 heavy (non-hydrogen) atoms. The molecule has 96 valence electrons. The Morgan fingerprint density at radius 3 is 2.67 bits per heavy atom. The third kappa shape index (κ3) is 2.40. The van der Waals surface area contributed by atoms with Gasteiger partial charge in [0.25, 0.3) is 0 Å². The van der Waals surface area contributed by atoms with E-state index in [2.05, 4.69) is 5.10 Å². The summed E-state index contributed by atoms with van der Waals surface area (Å²) in [7, 11) is 1.75. The fourth-order valence-corrected chi connectivity index (χ4v) is 2.18. The molecular formula is C13H14ClFN2O. The van der Waals surface area contributed by atoms with E-state index in [-0.39, 0.29) is 12.0 Å². The van der Waals surface area contributed by atoms with Crippen molar-refractivity contribution >= 4 is 11.6 Å². The molecule has 1 heterocycles. The van der Waals surface area contributed by atoms with Gasteiger partial charge in [0.1, 0.15) is 5.82 Å². The van der Waals surface area contributed by atoms with Crippen LogP contribution in [0.2, 0.25) is 5.02 Å². The molecule has 0 saturated heterocycles. The fraction of sp³-hybridized carbons (Fsp3) is 0.308. The lowest BCUT2D eigenvalue weighted by atomic mass is 10.0. The molecule has 1 unspecified atom stereocenters. The molecule has 0 amide bonds. The molecule has 0 aliphatic rings. The molecule has 0 saturated carbocycles. The van der Waals surface area contributed by atoms with E-state index >= 15 is 0 Å². The number of rotatable bonds is 3. The molecule has 0 radical (unpaired) electrons. The standard InChI is InChI=1S/C13H14ClFN2O/c1-8-13(14)11(17(2)16-8)7-12(18)9-5-3-4-6-10(9)15/h3-6,12,18H,7H2,1-2H3. The van der Waals surface area contributed by atoms with Crippen LogP contribution in [0.4, 0.5) is 4.39 Å². The quantitative estimate of drug-likeness (QED) is 0.930. The summed E-state index contributed by atoms with van der Waals surface area (Å²) in [6.45, 7) is 1.79. The predicted octanol–water partition coefficient (Wildman–Crippen LogP) is 2.80. The summed E-state index contributed by atoms with van der Waals surface area (Å²) in [6, 6.07) is 6.18. The number of halogens is 2. The predicted molar refractivity (Wildman–Crippen MR) is 68.0 cm³/mol. The Balaban J connectivity index is 2.27. The number of hydrogen-bond donors (Lipinski definition) is 1. The highest BCUT2D eigenvalue weighted by Gasteiger charge is 2.18. The van der Waals surface area contributed by atoms with Crippen LogP contribution >= 0.6 is 11.6 Å². The molecule has 1 aromatic carbocycles. The Morgan fingerprint density at radius 1 is 1.44 bits per heavy atom. The summed E-state index contributed by atoms with van der Waals surface area (Å²) < 4.78 is 15.1. The summed E-state index contributed by atoms with van der Waals surface area (Å²) >= 11 is 6.10. The van der Waals surface area contributed by atoms with Gasteiger partial charge in [-0.1, -0.05) is 29.8 Å². The molecule has 0 aliphatic carbocycles. The van der Waals surface area contributed by atoms with Gasteiger partial charge in [-0.25, -0.2) is 4.39 Å². The molecule has 1 aromatic heterocycles. The van der Waals surface area contributed by atoms with Crippen LogP contribution in [0.3, 0.4) is 0 Å². The van der Waals surface area contributed by atoms with Gasteiger partial charge in [0.15, 0.2) is 0 Å². The van der Waals surface area contributed by atoms with Crippen LogP contribution in [0.5, 0.6) is 0 Å². The first-order valence-electron chi connectivity index (χ1n) is 5.61. The molecule has 3 nitrogen and oxygen atoms in total. The minimum Gasteiger partial charge on any atom is -0.388 e. The fourth-order valence-electron chi connectivity index (χ4n) is 1.94. The zero-order valence-electron chi connectivity index (χ0n) is 10.2. The average Bonchev–Trinajstić information content (AvgIpc) is 2.56. The molecule has 5 heteroatoms. The third-order valence-electron chi connectivity index (χ3n) is 2.91. The van der Waals surface area contributed by atoms with E-state index in [1.54, 1.807) is 36.9 Å². The van der Waals surface area contributed by atoms with Crippen molar-refractivity contribution in [3.63, 3.8) is 0 Å². The van der Waals surface area contributed by atoms with Gasteiger partial charge in [0.2, 0.25) is 0 Å². The second-order valence-electron chi connectivity index (χ2n) is 4.21. The van der Waals surface area contributed by atoms with Crippen LogP contribution in [0, 0.1) is 12.7 Å². The largest absolute Gasteiger partial charge is 0.388 e. The van der Waals surface area contributed by atoms with Crippen molar-refractivity contribution in [2.24, 2.45) is 7.05 Å². The summed E-state index contributed by atoms with van der Waals surface area (Å²) in [6.07, 6.45) is -0.699. The van der Waals surface area contributed by atoms with Gasteiger partial charge in [0, 0.05) is 19.0 Å². The van der Waals surface area contributed by atoms with Crippen molar-refractivity contribution < 1.29 is 9.50 Å². The van der Waals surface area contributed by atoms with Crippen molar-refractivity contribution in [1.82, 2.24) is 9.78 Å². The number of benzene rings is 1. The van der Waals surface area contributed by atoms with E-state index in [4.69, 9.17) is 11.6 Å². The Hall–Kier alpha value is -1.39. The lowest BCUT2D eigenvalue weighted by Crippen LogP contribution is -2.08. The second-order valence-corrected chi connectivity index (χ2v) is 4.59. The van der Waals surface area contributed by atoms with Crippen LogP contribution in [0.1, 0.15) is 23.1 Å². The van der Waals surface area contributed by atoms with Crippen LogP contribution in [0.25, 0.3) is 0 Å². The monoisotopic (exact) mass is 268 g/mol. The zero-order valence-corrected chi connectivity index (χ0v) is 10.9. The summed E-state index contributed by atoms with van der Waals surface area (Å²) in [5, 5.41) is 14.8. The SMILES string of the molecule is Cc1nn(C)c(CC(O)c2ccccc2F)c1Cl. The first-order chi connectivity index (χ1) is 8.50. The highest BCUT2D eigenvalue weighted by atomic mass is 35.5. The summed E-state index contributed by atoms with van der Waals surface area (Å²) in [4.78, 5) is 0. The Bertz CT molecular complexity index is 568. The number of aromatic nitrogens is 2. The van der Waals surface area contributed by atoms with E-state index in [9.17, 15) is 9.50 Å². The third-order valence-corrected chi connectivity index (χ3v) is 3.40. The lowest BCUT2D eigenvalue weighted by Gasteiger charge is -2.12. The Kier molecular flexibility index (Phi) is 3.68. The topological polar surface area (TPSA) is 38.0 Å². The highest BCUT2D eigenvalue weighted by molar-refractivity contribution is 6.31. The molecular weight excluding hydrogens is 255 g/mol. The molecule has 0 aliphatic heterocycles. The van der Waals surface area contributed by atoms with Crippen molar-refractivity contribution in [1.29, 1.82) is 0 Å². The van der Waals surface area contributed by atoms with E-state index in [1.807, 2.05) is 0 Å². The van der Waals surface area contributed by atoms with Crippen molar-refractivity contribution in [3.8, 4) is 0 Å². The maximum atomic E-state index is 13.5. The van der Waals surface area contributed by atoms with E-state index in [0.29, 0.717) is 16.4 Å². The first kappa shape index (κ1) is 13.1. The van der Waals surface area contributed by atoms with Gasteiger partial charge >= 0.3 is 0 Å². The number of aryl methyl sites for hydroxylation is 2. The van der Waals surface area contributed by atoms with E-state index in [0.717, 1.165) is 0 Å². The van der Waals surface area contributed by atoms with Crippen LogP contribution in [0.15, 0.2) is 24.3 Å². The van der Waals surface area contributed by atoms with Crippen LogP contribution in [-0.2, 0) is 13.5 Å². The number of hydrogen-bond acceptors (Lipinski definition) is 2. The minimum absolute atomic E-state index is 0.233. The normalized spacial score (nSPS) is 12.7. The summed E-state index contributed by atoms with van der Waals surface area (Å²) in [5.74, 6) is -0.417. The average molecular weight is 269 g/mol. The second kappa shape index (κ2) is 5.08. The smallest absolute Gasteiger partial charge is 0.129 e. The Labute approximate surface area is 110 Å². The molecule has 0 spiro atoms. The van der Waals surface area contributed by atoms with Gasteiger partial charge in [-0.3, -0.25) is 4.68 Å². The molecule has 0 fully saturated rings. The van der Waals surface area contributed by atoms with Crippen molar-refractivity contribution in [3.05, 3.63) is 52.1 Å². The van der Waals surface area contributed by atoms with E-state index < -0.39 is 11.9 Å². The molecule has 2 rings (SSSR count). The van der Waals surface area contributed by atoms with Crippen molar-refractivity contribution in [2.75, 3.05) is 0 Å². The molecule has 0 bridgehead atoms. The highest BCUT2D eigenvalue weighted by Crippen LogP contribution is 2.26. The van der Waals surface area contributed by atoms with Gasteiger partial charge in [-0.15, -0.1) is 0 Å². The molecule has 1 N–H and O–H groups in total. The van der Waals surface area contributed by atoms with Gasteiger partial charge in [-0.2, -0.15) is 5.10 Å². The maximum Gasteiger partial charge on any atom is 0.129 e. The first-order valence-corrected chi connectivity index (χ1v) is 5.99. The van der Waals surface area contributed by atoms with Crippen LogP contribution < -0.4 is 0 Å². The zero-order chi connectivity index (χ0) is 13.3. The Morgan fingerprint density at radius 2 is 2.11 bits per heavy atom. The van der Waals surface area contributed by atoms with Crippen LogP contribution in [-0.4, -0.2) is 14.9 Å². The van der Waals surface area contributed by atoms with E-state index in [1.165, 1.54) is 6.07 Å². The van der Waals surface area contributed by atoms with Gasteiger partial charge in [-0.05, 0) is 13.0 Å². The minimum atomic E-state index is -0.932. The number of nitrogens with zero attached hydrogens (tertiary/aromatic N) is 2. The number of aliphatic hydroxyl groups is 1. The lowest BCUT2D eigenvalue weighted by molar-refractivity contribution is 0.171. The number of aliphatic hydroxyl groups excluding tert-OH is 1. The van der Waals surface area contributed by atoms with Gasteiger partial charge in [0.05, 0.1) is 22.5 Å². The summed E-state index contributed by atoms with van der Waals surface area (Å²) in [5.41, 5.74) is 1.67.